The zero-order chi connectivity index (χ0) is 13.5. The first-order valence-electron chi connectivity index (χ1n) is 5.57. The van der Waals surface area contributed by atoms with Crippen LogP contribution in [-0.2, 0) is 28.8 Å². The maximum atomic E-state index is 10.1. The van der Waals surface area contributed by atoms with Crippen LogP contribution in [0.1, 0.15) is 0 Å². The Morgan fingerprint density at radius 3 is 2.06 bits per heavy atom. The van der Waals surface area contributed by atoms with Gasteiger partial charge in [-0.25, -0.2) is 14.6 Å². The van der Waals surface area contributed by atoms with Crippen molar-refractivity contribution in [3.8, 4) is 0 Å². The van der Waals surface area contributed by atoms with Crippen molar-refractivity contribution in [3.63, 3.8) is 0 Å². The van der Waals surface area contributed by atoms with Crippen LogP contribution in [0.25, 0.3) is 0 Å². The van der Waals surface area contributed by atoms with Crippen LogP contribution < -0.4 is 0 Å². The lowest BCUT2D eigenvalue weighted by Crippen LogP contribution is -2.14. The maximum absolute atomic E-state index is 10.1. The SMILES string of the molecule is C=CCOOCCOCCOCCOCC(=O)O. The quantitative estimate of drug-likeness (QED) is 0.208. The Labute approximate surface area is 106 Å². The van der Waals surface area contributed by atoms with Crippen LogP contribution in [0.5, 0.6) is 0 Å². The van der Waals surface area contributed by atoms with Crippen molar-refractivity contribution in [1.29, 1.82) is 0 Å². The lowest BCUT2D eigenvalue weighted by molar-refractivity contribution is -0.291. The van der Waals surface area contributed by atoms with Gasteiger partial charge in [-0.15, -0.1) is 6.58 Å². The molecule has 0 heterocycles. The van der Waals surface area contributed by atoms with Crippen LogP contribution in [0.3, 0.4) is 0 Å². The van der Waals surface area contributed by atoms with Gasteiger partial charge in [0.15, 0.2) is 0 Å². The molecule has 0 aromatic rings. The molecule has 0 atom stereocenters. The highest BCUT2D eigenvalue weighted by molar-refractivity contribution is 5.67. The second-order valence-corrected chi connectivity index (χ2v) is 3.07. The van der Waals surface area contributed by atoms with Gasteiger partial charge in [-0.3, -0.25) is 0 Å². The number of hydrogen-bond acceptors (Lipinski definition) is 6. The van der Waals surface area contributed by atoms with Crippen LogP contribution in [0.15, 0.2) is 12.7 Å². The van der Waals surface area contributed by atoms with Gasteiger partial charge in [-0.2, -0.15) is 0 Å². The summed E-state index contributed by atoms with van der Waals surface area (Å²) in [6, 6.07) is 0. The molecule has 0 bridgehead atoms. The third-order valence-corrected chi connectivity index (χ3v) is 1.55. The number of aliphatic carboxylic acids is 1. The van der Waals surface area contributed by atoms with Gasteiger partial charge in [0, 0.05) is 0 Å². The summed E-state index contributed by atoms with van der Waals surface area (Å²) >= 11 is 0. The highest BCUT2D eigenvalue weighted by Gasteiger charge is 1.96. The largest absolute Gasteiger partial charge is 0.480 e. The Morgan fingerprint density at radius 1 is 0.944 bits per heavy atom. The molecule has 1 N–H and O–H groups in total. The van der Waals surface area contributed by atoms with Gasteiger partial charge in [0.2, 0.25) is 0 Å². The Kier molecular flexibility index (Phi) is 13.3. The molecule has 0 unspecified atom stereocenters. The number of hydrogen-bond donors (Lipinski definition) is 1. The minimum absolute atomic E-state index is 0.255. The average Bonchev–Trinajstić information content (AvgIpc) is 2.34. The van der Waals surface area contributed by atoms with Gasteiger partial charge in [0.25, 0.3) is 0 Å². The molecule has 0 spiro atoms. The van der Waals surface area contributed by atoms with Crippen LogP contribution in [-0.4, -0.2) is 63.9 Å². The summed E-state index contributed by atoms with van der Waals surface area (Å²) in [6.07, 6.45) is 1.58. The molecule has 106 valence electrons. The molecule has 7 nitrogen and oxygen atoms in total. The third kappa shape index (κ3) is 15.0. The monoisotopic (exact) mass is 264 g/mol. The summed E-state index contributed by atoms with van der Waals surface area (Å²) < 4.78 is 15.1. The number of carboxylic acids is 1. The first-order valence-corrected chi connectivity index (χ1v) is 5.57. The molecule has 0 amide bonds. The van der Waals surface area contributed by atoms with Crippen molar-refractivity contribution in [1.82, 2.24) is 0 Å². The smallest absolute Gasteiger partial charge is 0.329 e. The Bertz CT molecular complexity index is 208. The number of carboxylic acid groups (broad SMARTS) is 1. The van der Waals surface area contributed by atoms with Crippen LogP contribution in [0.2, 0.25) is 0 Å². The number of ether oxygens (including phenoxy) is 3. The lowest BCUT2D eigenvalue weighted by Gasteiger charge is -2.06. The van der Waals surface area contributed by atoms with Crippen molar-refractivity contribution in [2.75, 3.05) is 52.9 Å². The van der Waals surface area contributed by atoms with E-state index in [1.54, 1.807) is 6.08 Å². The van der Waals surface area contributed by atoms with Crippen molar-refractivity contribution < 1.29 is 33.9 Å². The number of rotatable bonds is 14. The summed E-state index contributed by atoms with van der Waals surface area (Å²) in [5.74, 6) is -0.989. The van der Waals surface area contributed by atoms with Crippen molar-refractivity contribution in [2.45, 2.75) is 0 Å². The fraction of sp³-hybridized carbons (Fsp3) is 0.727. The van der Waals surface area contributed by atoms with E-state index in [1.807, 2.05) is 0 Å². The lowest BCUT2D eigenvalue weighted by atomic mass is 10.7. The van der Waals surface area contributed by atoms with Crippen LogP contribution in [0.4, 0.5) is 0 Å². The van der Waals surface area contributed by atoms with Gasteiger partial charge in [-0.05, 0) is 0 Å². The standard InChI is InChI=1S/C11H20O7/c1-2-3-17-18-9-8-15-5-4-14-6-7-16-10-11(12)13/h2H,1,3-10H2,(H,12,13). The molecule has 0 saturated carbocycles. The molecule has 0 radical (unpaired) electrons. The first-order chi connectivity index (χ1) is 8.77. The Hall–Kier alpha value is -0.990. The molecule has 0 aromatic carbocycles. The molecule has 0 aliphatic heterocycles. The first kappa shape index (κ1) is 17.0. The van der Waals surface area contributed by atoms with Crippen molar-refractivity contribution in [2.24, 2.45) is 0 Å². The molecule has 0 rings (SSSR count). The second kappa shape index (κ2) is 14.1. The van der Waals surface area contributed by atoms with Gasteiger partial charge in [0.05, 0.1) is 33.0 Å². The van der Waals surface area contributed by atoms with Gasteiger partial charge < -0.3 is 19.3 Å². The Morgan fingerprint density at radius 2 is 1.50 bits per heavy atom. The van der Waals surface area contributed by atoms with Crippen molar-refractivity contribution >= 4 is 5.97 Å². The van der Waals surface area contributed by atoms with E-state index in [4.69, 9.17) is 24.2 Å². The Balaban J connectivity index is 2.94. The summed E-state index contributed by atoms with van der Waals surface area (Å²) in [6.45, 7) is 5.71. The van der Waals surface area contributed by atoms with Gasteiger partial charge >= 0.3 is 5.97 Å². The summed E-state index contributed by atoms with van der Waals surface area (Å²) in [7, 11) is 0. The maximum Gasteiger partial charge on any atom is 0.329 e. The molecule has 7 heteroatoms. The topological polar surface area (TPSA) is 83.5 Å². The molecule has 0 aromatic heterocycles. The fourth-order valence-electron chi connectivity index (χ4n) is 0.847. The average molecular weight is 264 g/mol. The fourth-order valence-corrected chi connectivity index (χ4v) is 0.847. The predicted molar refractivity (Wildman–Crippen MR) is 62.2 cm³/mol. The summed E-state index contributed by atoms with van der Waals surface area (Å²) in [4.78, 5) is 19.5. The minimum atomic E-state index is -0.989. The molecule has 0 saturated heterocycles. The zero-order valence-electron chi connectivity index (χ0n) is 10.3. The van der Waals surface area contributed by atoms with Crippen LogP contribution in [0, 0.1) is 0 Å². The van der Waals surface area contributed by atoms with E-state index < -0.39 is 5.97 Å². The van der Waals surface area contributed by atoms with Gasteiger partial charge in [0.1, 0.15) is 19.8 Å². The summed E-state index contributed by atoms with van der Waals surface area (Å²) in [5.41, 5.74) is 0. The molecular formula is C11H20O7. The highest BCUT2D eigenvalue weighted by Crippen LogP contribution is 1.83. The van der Waals surface area contributed by atoms with E-state index in [1.165, 1.54) is 0 Å². The zero-order valence-corrected chi connectivity index (χ0v) is 10.3. The predicted octanol–water partition coefficient (Wildman–Crippen LogP) is 0.255. The molecule has 0 fully saturated rings. The second-order valence-electron chi connectivity index (χ2n) is 3.07. The van der Waals surface area contributed by atoms with E-state index in [9.17, 15) is 4.79 Å². The van der Waals surface area contributed by atoms with Crippen molar-refractivity contribution in [3.05, 3.63) is 12.7 Å². The molecule has 0 aliphatic carbocycles. The third-order valence-electron chi connectivity index (χ3n) is 1.55. The van der Waals surface area contributed by atoms with E-state index >= 15 is 0 Å². The van der Waals surface area contributed by atoms with E-state index in [0.717, 1.165) is 0 Å². The summed E-state index contributed by atoms with van der Waals surface area (Å²) in [5, 5.41) is 8.28. The molecule has 18 heavy (non-hydrogen) atoms. The number of carbonyl (C=O) groups is 1. The van der Waals surface area contributed by atoms with E-state index in [-0.39, 0.29) is 13.2 Å². The molecule has 0 aliphatic rings. The van der Waals surface area contributed by atoms with E-state index in [2.05, 4.69) is 11.5 Å². The normalized spacial score (nSPS) is 10.4. The van der Waals surface area contributed by atoms with Crippen LogP contribution >= 0.6 is 0 Å². The minimum Gasteiger partial charge on any atom is -0.480 e. The van der Waals surface area contributed by atoms with Gasteiger partial charge in [-0.1, -0.05) is 6.08 Å². The van der Waals surface area contributed by atoms with E-state index in [0.29, 0.717) is 39.6 Å². The highest BCUT2D eigenvalue weighted by atomic mass is 17.2. The molecular weight excluding hydrogens is 244 g/mol.